The van der Waals surface area contributed by atoms with Gasteiger partial charge in [0.25, 0.3) is 0 Å². The first kappa shape index (κ1) is 7.33. The molecule has 0 saturated heterocycles. The molecule has 0 bridgehead atoms. The SMILES string of the molecule is C=CCCCC1C=CC=C1. The van der Waals surface area contributed by atoms with Crippen LogP contribution in [0.25, 0.3) is 0 Å². The van der Waals surface area contributed by atoms with E-state index in [2.05, 4.69) is 30.9 Å². The lowest BCUT2D eigenvalue weighted by Crippen LogP contribution is -1.87. The van der Waals surface area contributed by atoms with Crippen LogP contribution in [-0.4, -0.2) is 0 Å². The van der Waals surface area contributed by atoms with Crippen molar-refractivity contribution in [3.63, 3.8) is 0 Å². The second kappa shape index (κ2) is 4.10. The van der Waals surface area contributed by atoms with Crippen LogP contribution in [0, 0.1) is 5.92 Å². The predicted molar refractivity (Wildman–Crippen MR) is 45.8 cm³/mol. The highest BCUT2D eigenvalue weighted by Gasteiger charge is 2.00. The first-order valence-corrected chi connectivity index (χ1v) is 3.89. The number of hydrogen-bond donors (Lipinski definition) is 0. The first-order valence-electron chi connectivity index (χ1n) is 3.89. The fraction of sp³-hybridized carbons (Fsp3) is 0.400. The lowest BCUT2D eigenvalue weighted by atomic mass is 10.0. The molecule has 0 N–H and O–H groups in total. The van der Waals surface area contributed by atoms with Gasteiger partial charge < -0.3 is 0 Å². The summed E-state index contributed by atoms with van der Waals surface area (Å²) in [5.74, 6) is 0.708. The highest BCUT2D eigenvalue weighted by Crippen LogP contribution is 2.15. The van der Waals surface area contributed by atoms with Gasteiger partial charge in [-0.25, -0.2) is 0 Å². The Balaban J connectivity index is 2.08. The minimum absolute atomic E-state index is 0.708. The molecule has 1 rings (SSSR count). The molecule has 0 aromatic carbocycles. The van der Waals surface area contributed by atoms with Crippen LogP contribution < -0.4 is 0 Å². The third-order valence-electron chi connectivity index (χ3n) is 1.77. The zero-order chi connectivity index (χ0) is 7.23. The summed E-state index contributed by atoms with van der Waals surface area (Å²) >= 11 is 0. The molecule has 0 radical (unpaired) electrons. The lowest BCUT2D eigenvalue weighted by molar-refractivity contribution is 0.667. The van der Waals surface area contributed by atoms with E-state index in [1.54, 1.807) is 0 Å². The van der Waals surface area contributed by atoms with E-state index in [4.69, 9.17) is 0 Å². The van der Waals surface area contributed by atoms with Crippen LogP contribution >= 0.6 is 0 Å². The number of unbranched alkanes of at least 4 members (excludes halogenated alkanes) is 1. The molecule has 0 spiro atoms. The molecule has 0 nitrogen and oxygen atoms in total. The average molecular weight is 134 g/mol. The summed E-state index contributed by atoms with van der Waals surface area (Å²) in [6, 6.07) is 0. The van der Waals surface area contributed by atoms with Gasteiger partial charge in [-0.1, -0.05) is 30.4 Å². The molecule has 0 aliphatic heterocycles. The molecule has 1 aliphatic rings. The van der Waals surface area contributed by atoms with E-state index in [1.165, 1.54) is 12.8 Å². The fourth-order valence-electron chi connectivity index (χ4n) is 1.17. The van der Waals surface area contributed by atoms with E-state index < -0.39 is 0 Å². The van der Waals surface area contributed by atoms with Crippen molar-refractivity contribution in [3.8, 4) is 0 Å². The van der Waals surface area contributed by atoms with Crippen molar-refractivity contribution >= 4 is 0 Å². The van der Waals surface area contributed by atoms with Gasteiger partial charge in [-0.3, -0.25) is 0 Å². The van der Waals surface area contributed by atoms with Crippen molar-refractivity contribution in [1.29, 1.82) is 0 Å². The number of rotatable bonds is 4. The van der Waals surface area contributed by atoms with Gasteiger partial charge in [-0.15, -0.1) is 6.58 Å². The maximum Gasteiger partial charge on any atom is -0.00472 e. The Morgan fingerprint density at radius 2 is 2.00 bits per heavy atom. The molecule has 0 amide bonds. The minimum Gasteiger partial charge on any atom is -0.103 e. The van der Waals surface area contributed by atoms with Crippen molar-refractivity contribution in [3.05, 3.63) is 37.0 Å². The van der Waals surface area contributed by atoms with E-state index in [0.717, 1.165) is 6.42 Å². The highest BCUT2D eigenvalue weighted by molar-refractivity contribution is 5.17. The van der Waals surface area contributed by atoms with Crippen LogP contribution in [0.1, 0.15) is 19.3 Å². The van der Waals surface area contributed by atoms with Gasteiger partial charge in [0.15, 0.2) is 0 Å². The Hall–Kier alpha value is -0.780. The second-order valence-corrected chi connectivity index (χ2v) is 2.65. The Bertz CT molecular complexity index is 139. The van der Waals surface area contributed by atoms with Gasteiger partial charge in [0.05, 0.1) is 0 Å². The lowest BCUT2D eigenvalue weighted by Gasteiger charge is -2.01. The highest BCUT2D eigenvalue weighted by atomic mass is 14.1. The Morgan fingerprint density at radius 3 is 2.60 bits per heavy atom. The van der Waals surface area contributed by atoms with Gasteiger partial charge in [0, 0.05) is 0 Å². The van der Waals surface area contributed by atoms with Crippen LogP contribution in [0.15, 0.2) is 37.0 Å². The smallest absolute Gasteiger partial charge is 0.00472 e. The standard InChI is InChI=1S/C10H14/c1-2-3-4-7-10-8-5-6-9-10/h2,5-6,8-10H,1,3-4,7H2. The van der Waals surface area contributed by atoms with Gasteiger partial charge in [0.1, 0.15) is 0 Å². The maximum absolute atomic E-state index is 3.69. The normalized spacial score (nSPS) is 16.4. The molecule has 1 aliphatic carbocycles. The molecule has 0 atom stereocenters. The fourth-order valence-corrected chi connectivity index (χ4v) is 1.17. The summed E-state index contributed by atoms with van der Waals surface area (Å²) in [5, 5.41) is 0. The summed E-state index contributed by atoms with van der Waals surface area (Å²) in [4.78, 5) is 0. The van der Waals surface area contributed by atoms with Crippen LogP contribution in [0.2, 0.25) is 0 Å². The largest absolute Gasteiger partial charge is 0.103 e. The van der Waals surface area contributed by atoms with Crippen molar-refractivity contribution in [2.75, 3.05) is 0 Å². The number of hydrogen-bond acceptors (Lipinski definition) is 0. The van der Waals surface area contributed by atoms with Crippen molar-refractivity contribution in [2.24, 2.45) is 5.92 Å². The van der Waals surface area contributed by atoms with Crippen molar-refractivity contribution in [1.82, 2.24) is 0 Å². The Morgan fingerprint density at radius 1 is 1.30 bits per heavy atom. The van der Waals surface area contributed by atoms with Gasteiger partial charge in [0.2, 0.25) is 0 Å². The van der Waals surface area contributed by atoms with Crippen LogP contribution in [0.3, 0.4) is 0 Å². The first-order chi connectivity index (χ1) is 4.93. The summed E-state index contributed by atoms with van der Waals surface area (Å²) in [6.45, 7) is 3.69. The third kappa shape index (κ3) is 2.22. The maximum atomic E-state index is 3.69. The molecule has 0 saturated carbocycles. The summed E-state index contributed by atoms with van der Waals surface area (Å²) in [6.07, 6.45) is 14.4. The monoisotopic (exact) mass is 134 g/mol. The Kier molecular flexibility index (Phi) is 3.01. The minimum atomic E-state index is 0.708. The van der Waals surface area contributed by atoms with Crippen LogP contribution in [-0.2, 0) is 0 Å². The summed E-state index contributed by atoms with van der Waals surface area (Å²) in [5.41, 5.74) is 0. The molecular weight excluding hydrogens is 120 g/mol. The second-order valence-electron chi connectivity index (χ2n) is 2.65. The van der Waals surface area contributed by atoms with E-state index in [-0.39, 0.29) is 0 Å². The van der Waals surface area contributed by atoms with Gasteiger partial charge in [-0.2, -0.15) is 0 Å². The predicted octanol–water partition coefficient (Wildman–Crippen LogP) is 3.08. The van der Waals surface area contributed by atoms with E-state index in [0.29, 0.717) is 5.92 Å². The van der Waals surface area contributed by atoms with Crippen LogP contribution in [0.5, 0.6) is 0 Å². The van der Waals surface area contributed by atoms with Crippen molar-refractivity contribution < 1.29 is 0 Å². The summed E-state index contributed by atoms with van der Waals surface area (Å²) in [7, 11) is 0. The van der Waals surface area contributed by atoms with E-state index in [1.807, 2.05) is 6.08 Å². The topological polar surface area (TPSA) is 0 Å². The van der Waals surface area contributed by atoms with Gasteiger partial charge >= 0.3 is 0 Å². The molecule has 54 valence electrons. The number of allylic oxidation sites excluding steroid dienone is 5. The summed E-state index contributed by atoms with van der Waals surface area (Å²) < 4.78 is 0. The van der Waals surface area contributed by atoms with E-state index in [9.17, 15) is 0 Å². The quantitative estimate of drug-likeness (QED) is 0.409. The molecular formula is C10H14. The molecule has 0 heterocycles. The third-order valence-corrected chi connectivity index (χ3v) is 1.77. The molecule has 0 fully saturated rings. The van der Waals surface area contributed by atoms with Crippen LogP contribution in [0.4, 0.5) is 0 Å². The molecule has 0 aromatic heterocycles. The molecule has 0 heteroatoms. The van der Waals surface area contributed by atoms with Crippen molar-refractivity contribution in [2.45, 2.75) is 19.3 Å². The van der Waals surface area contributed by atoms with Gasteiger partial charge in [-0.05, 0) is 25.2 Å². The molecule has 0 aromatic rings. The van der Waals surface area contributed by atoms with E-state index >= 15 is 0 Å². The zero-order valence-corrected chi connectivity index (χ0v) is 6.29. The average Bonchev–Trinajstić information content (AvgIpc) is 2.41. The molecule has 10 heavy (non-hydrogen) atoms. The Labute approximate surface area is 62.9 Å². The zero-order valence-electron chi connectivity index (χ0n) is 6.29. The molecule has 0 unspecified atom stereocenters.